The summed E-state index contributed by atoms with van der Waals surface area (Å²) in [6.07, 6.45) is 1.35. The van der Waals surface area contributed by atoms with E-state index < -0.39 is 0 Å². The van der Waals surface area contributed by atoms with Crippen molar-refractivity contribution in [2.75, 3.05) is 5.32 Å². The summed E-state index contributed by atoms with van der Waals surface area (Å²) >= 11 is 5.16. The number of H-pyrrole nitrogens is 2. The van der Waals surface area contributed by atoms with Crippen LogP contribution in [0.15, 0.2) is 35.4 Å². The van der Waals surface area contributed by atoms with E-state index in [4.69, 9.17) is 12.2 Å². The third-order valence-electron chi connectivity index (χ3n) is 2.47. The maximum absolute atomic E-state index is 11.9. The summed E-state index contributed by atoms with van der Waals surface area (Å²) in [4.78, 5) is 23.0. The molecule has 3 rings (SSSR count). The molecular weight excluding hydrogens is 264 g/mol. The molecule has 0 aliphatic rings. The van der Waals surface area contributed by atoms with Gasteiger partial charge >= 0.3 is 0 Å². The maximum atomic E-state index is 11.9. The van der Waals surface area contributed by atoms with Crippen LogP contribution in [0.2, 0.25) is 0 Å². The van der Waals surface area contributed by atoms with Crippen molar-refractivity contribution < 1.29 is 0 Å². The Morgan fingerprint density at radius 1 is 1.32 bits per heavy atom. The fourth-order valence-corrected chi connectivity index (χ4v) is 1.82. The second-order valence-corrected chi connectivity index (χ2v) is 4.13. The number of aromatic nitrogens is 5. The smallest absolute Gasteiger partial charge is 0.259 e. The Kier molecular flexibility index (Phi) is 2.76. The highest BCUT2D eigenvalue weighted by atomic mass is 32.1. The van der Waals surface area contributed by atoms with E-state index >= 15 is 0 Å². The molecule has 94 valence electrons. The van der Waals surface area contributed by atoms with E-state index in [1.165, 1.54) is 6.33 Å². The van der Waals surface area contributed by atoms with Crippen LogP contribution in [-0.4, -0.2) is 30.1 Å². The number of aromatic amines is 2. The molecule has 0 amide bonds. The molecule has 0 aliphatic heterocycles. The minimum Gasteiger partial charge on any atom is -0.312 e. The van der Waals surface area contributed by atoms with E-state index in [1.807, 2.05) is 6.07 Å². The van der Waals surface area contributed by atoms with Crippen LogP contribution in [0.25, 0.3) is 10.9 Å². The van der Waals surface area contributed by atoms with Gasteiger partial charge in [-0.1, -0.05) is 24.4 Å². The average molecular weight is 272 g/mol. The highest BCUT2D eigenvalue weighted by Crippen LogP contribution is 2.06. The Balaban J connectivity index is 2.01. The molecular formula is C11H8N6OS. The Morgan fingerprint density at radius 3 is 2.95 bits per heavy atom. The summed E-state index contributed by atoms with van der Waals surface area (Å²) in [5.41, 5.74) is 0.352. The number of nitrogens with zero attached hydrogens (tertiary/aromatic N) is 3. The van der Waals surface area contributed by atoms with Crippen molar-refractivity contribution in [3.8, 4) is 0 Å². The molecule has 0 fully saturated rings. The zero-order valence-electron chi connectivity index (χ0n) is 9.54. The van der Waals surface area contributed by atoms with Crippen LogP contribution in [0.3, 0.4) is 0 Å². The van der Waals surface area contributed by atoms with E-state index in [0.29, 0.717) is 16.9 Å². The van der Waals surface area contributed by atoms with Crippen molar-refractivity contribution >= 4 is 34.1 Å². The number of benzene rings is 1. The summed E-state index contributed by atoms with van der Waals surface area (Å²) in [6, 6.07) is 7.05. The average Bonchev–Trinajstić information content (AvgIpc) is 2.91. The number of hydrogen-bond donors (Lipinski definition) is 3. The minimum absolute atomic E-state index is 0.234. The number of rotatable bonds is 2. The highest BCUT2D eigenvalue weighted by molar-refractivity contribution is 7.81. The van der Waals surface area contributed by atoms with Crippen molar-refractivity contribution in [3.05, 3.63) is 46.8 Å². The van der Waals surface area contributed by atoms with Gasteiger partial charge in [0.1, 0.15) is 11.3 Å². The molecule has 0 saturated heterocycles. The van der Waals surface area contributed by atoms with Gasteiger partial charge in [-0.25, -0.2) is 10.1 Å². The van der Waals surface area contributed by atoms with Crippen LogP contribution >= 0.6 is 12.2 Å². The summed E-state index contributed by atoms with van der Waals surface area (Å²) in [5, 5.41) is 9.62. The van der Waals surface area contributed by atoms with Gasteiger partial charge in [-0.2, -0.15) is 10.1 Å². The van der Waals surface area contributed by atoms with Crippen molar-refractivity contribution in [2.45, 2.75) is 0 Å². The van der Waals surface area contributed by atoms with Gasteiger partial charge in [0, 0.05) is 0 Å². The lowest BCUT2D eigenvalue weighted by molar-refractivity contribution is 1.09. The van der Waals surface area contributed by atoms with E-state index in [1.54, 1.807) is 18.2 Å². The molecule has 3 aromatic rings. The van der Waals surface area contributed by atoms with Crippen LogP contribution < -0.4 is 10.9 Å². The van der Waals surface area contributed by atoms with Gasteiger partial charge in [-0.05, 0) is 12.1 Å². The van der Waals surface area contributed by atoms with Crippen LogP contribution in [0, 0.1) is 0 Å². The van der Waals surface area contributed by atoms with Gasteiger partial charge in [-0.15, -0.1) is 0 Å². The second-order valence-electron chi connectivity index (χ2n) is 3.72. The van der Waals surface area contributed by atoms with Crippen molar-refractivity contribution in [1.82, 2.24) is 25.1 Å². The Morgan fingerprint density at radius 2 is 2.16 bits per heavy atom. The Bertz CT molecular complexity index is 794. The first-order valence-corrected chi connectivity index (χ1v) is 5.80. The predicted molar refractivity (Wildman–Crippen MR) is 74.1 cm³/mol. The van der Waals surface area contributed by atoms with Gasteiger partial charge < -0.3 is 10.3 Å². The number of anilines is 1. The standard InChI is InChI=1S/C11H8N6OS/c18-9-6-3-1-2-4-7(6)14-8(15-9)10(19)16-11-12-5-13-17-11/h1-5H,(H,14,15,18)(H2,12,13,16,17,19). The molecule has 0 saturated carbocycles. The summed E-state index contributed by atoms with van der Waals surface area (Å²) in [5.74, 6) is 0.677. The molecule has 0 radical (unpaired) electrons. The SMILES string of the molecule is O=c1[nH]c(C(=S)Nc2ncn[nH]2)nc2ccccc12. The van der Waals surface area contributed by atoms with Crippen molar-refractivity contribution in [1.29, 1.82) is 0 Å². The number of thiocarbonyl (C=S) groups is 1. The molecule has 8 heteroatoms. The van der Waals surface area contributed by atoms with Crippen LogP contribution in [0.1, 0.15) is 5.82 Å². The molecule has 7 nitrogen and oxygen atoms in total. The van der Waals surface area contributed by atoms with E-state index in [9.17, 15) is 4.79 Å². The van der Waals surface area contributed by atoms with E-state index in [-0.39, 0.29) is 16.4 Å². The fraction of sp³-hybridized carbons (Fsp3) is 0. The molecule has 0 bridgehead atoms. The van der Waals surface area contributed by atoms with Gasteiger partial charge in [0.05, 0.1) is 10.9 Å². The van der Waals surface area contributed by atoms with Crippen LogP contribution in [0.4, 0.5) is 5.95 Å². The molecule has 3 N–H and O–H groups in total. The third kappa shape index (κ3) is 2.20. The first-order valence-electron chi connectivity index (χ1n) is 5.40. The molecule has 0 unspecified atom stereocenters. The monoisotopic (exact) mass is 272 g/mol. The molecule has 2 heterocycles. The summed E-state index contributed by atoms with van der Waals surface area (Å²) in [6.45, 7) is 0. The summed E-state index contributed by atoms with van der Waals surface area (Å²) in [7, 11) is 0. The molecule has 2 aromatic heterocycles. The first kappa shape index (κ1) is 11.5. The largest absolute Gasteiger partial charge is 0.312 e. The number of hydrogen-bond acceptors (Lipinski definition) is 5. The van der Waals surface area contributed by atoms with Crippen molar-refractivity contribution in [2.24, 2.45) is 0 Å². The molecule has 0 spiro atoms. The zero-order chi connectivity index (χ0) is 13.2. The Labute approximate surface area is 112 Å². The number of nitrogens with one attached hydrogen (secondary N) is 3. The van der Waals surface area contributed by atoms with E-state index in [2.05, 4.69) is 30.5 Å². The predicted octanol–water partition coefficient (Wildman–Crippen LogP) is 0.829. The second kappa shape index (κ2) is 4.58. The van der Waals surface area contributed by atoms with Gasteiger partial charge in [-0.3, -0.25) is 4.79 Å². The third-order valence-corrected chi connectivity index (χ3v) is 2.77. The van der Waals surface area contributed by atoms with Crippen LogP contribution in [0.5, 0.6) is 0 Å². The normalized spacial score (nSPS) is 10.5. The van der Waals surface area contributed by atoms with Crippen LogP contribution in [-0.2, 0) is 0 Å². The lowest BCUT2D eigenvalue weighted by Gasteiger charge is -2.04. The lowest BCUT2D eigenvalue weighted by Crippen LogP contribution is -2.20. The lowest BCUT2D eigenvalue weighted by atomic mass is 10.2. The van der Waals surface area contributed by atoms with Gasteiger partial charge in [0.25, 0.3) is 5.56 Å². The van der Waals surface area contributed by atoms with Gasteiger partial charge in [0.2, 0.25) is 5.95 Å². The quantitative estimate of drug-likeness (QED) is 0.597. The molecule has 0 aliphatic carbocycles. The Hall–Kier alpha value is -2.61. The molecule has 0 atom stereocenters. The topological polar surface area (TPSA) is 99.4 Å². The molecule has 1 aromatic carbocycles. The zero-order valence-corrected chi connectivity index (χ0v) is 10.4. The van der Waals surface area contributed by atoms with E-state index in [0.717, 1.165) is 0 Å². The maximum Gasteiger partial charge on any atom is 0.259 e. The fourth-order valence-electron chi connectivity index (χ4n) is 1.63. The van der Waals surface area contributed by atoms with Crippen molar-refractivity contribution in [3.63, 3.8) is 0 Å². The van der Waals surface area contributed by atoms with Gasteiger partial charge in [0.15, 0.2) is 5.82 Å². The first-order chi connectivity index (χ1) is 9.24. The minimum atomic E-state index is -0.234. The molecule has 19 heavy (non-hydrogen) atoms. The number of fused-ring (bicyclic) bond motifs is 1. The number of para-hydroxylation sites is 1. The summed E-state index contributed by atoms with van der Waals surface area (Å²) < 4.78 is 0. The highest BCUT2D eigenvalue weighted by Gasteiger charge is 2.08.